The summed E-state index contributed by atoms with van der Waals surface area (Å²) >= 11 is 0. The predicted molar refractivity (Wildman–Crippen MR) is 89.5 cm³/mol. The van der Waals surface area contributed by atoms with Gasteiger partial charge in [0.25, 0.3) is 0 Å². The molecule has 1 aromatic carbocycles. The average molecular weight is 320 g/mol. The smallest absolute Gasteiger partial charge is 0.192 e. The molecule has 0 aromatic heterocycles. The highest BCUT2D eigenvalue weighted by Crippen LogP contribution is 2.25. The minimum Gasteiger partial charge on any atom is -0.371 e. The summed E-state index contributed by atoms with van der Waals surface area (Å²) in [5.74, 6) is 1.98. The van der Waals surface area contributed by atoms with Gasteiger partial charge in [0.05, 0.1) is 6.54 Å². The van der Waals surface area contributed by atoms with Crippen LogP contribution in [0.3, 0.4) is 0 Å². The Morgan fingerprint density at radius 1 is 1.39 bits per heavy atom. The van der Waals surface area contributed by atoms with Gasteiger partial charge in [-0.3, -0.25) is 4.99 Å². The maximum atomic E-state index is 13.3. The molecule has 124 valence electrons. The van der Waals surface area contributed by atoms with E-state index in [9.17, 15) is 8.78 Å². The summed E-state index contributed by atoms with van der Waals surface area (Å²) < 4.78 is 26.3. The molecule has 6 heteroatoms. The number of terminal acetylenes is 1. The van der Waals surface area contributed by atoms with Crippen LogP contribution in [0.1, 0.15) is 13.3 Å². The Morgan fingerprint density at radius 3 is 2.91 bits per heavy atom. The Bertz CT molecular complexity index is 595. The van der Waals surface area contributed by atoms with Gasteiger partial charge in [-0.1, -0.05) is 5.92 Å². The molecule has 1 aliphatic rings. The van der Waals surface area contributed by atoms with E-state index in [1.165, 1.54) is 12.1 Å². The third-order valence-electron chi connectivity index (χ3n) is 3.76. The van der Waals surface area contributed by atoms with Crippen molar-refractivity contribution < 1.29 is 8.78 Å². The zero-order valence-electron chi connectivity index (χ0n) is 13.3. The third-order valence-corrected chi connectivity index (χ3v) is 3.76. The zero-order valence-corrected chi connectivity index (χ0v) is 13.3. The van der Waals surface area contributed by atoms with Gasteiger partial charge in [0.1, 0.15) is 0 Å². The van der Waals surface area contributed by atoms with Gasteiger partial charge in [0.2, 0.25) is 0 Å². The lowest BCUT2D eigenvalue weighted by Crippen LogP contribution is -2.37. The van der Waals surface area contributed by atoms with Crippen LogP contribution in [0.2, 0.25) is 0 Å². The maximum absolute atomic E-state index is 13.3. The minimum atomic E-state index is -0.816. The van der Waals surface area contributed by atoms with Crippen molar-refractivity contribution in [2.75, 3.05) is 37.6 Å². The number of hydrogen-bond acceptors (Lipinski definition) is 2. The number of rotatable bonds is 5. The predicted octanol–water partition coefficient (Wildman–Crippen LogP) is 1.98. The molecule has 1 aliphatic heterocycles. The zero-order chi connectivity index (χ0) is 16.7. The fourth-order valence-electron chi connectivity index (χ4n) is 2.59. The average Bonchev–Trinajstić information content (AvgIpc) is 3.01. The van der Waals surface area contributed by atoms with Crippen molar-refractivity contribution >= 4 is 11.6 Å². The van der Waals surface area contributed by atoms with Gasteiger partial charge in [0, 0.05) is 37.9 Å². The molecule has 1 fully saturated rings. The third kappa shape index (κ3) is 4.85. The van der Waals surface area contributed by atoms with Crippen LogP contribution >= 0.6 is 0 Å². The molecule has 0 amide bonds. The van der Waals surface area contributed by atoms with Crippen LogP contribution in [0.5, 0.6) is 0 Å². The summed E-state index contributed by atoms with van der Waals surface area (Å²) in [5.41, 5.74) is 0.716. The number of nitrogens with one attached hydrogen (secondary N) is 2. The molecule has 0 aliphatic carbocycles. The molecule has 1 heterocycles. The lowest BCUT2D eigenvalue weighted by molar-refractivity contribution is 0.508. The van der Waals surface area contributed by atoms with Crippen LogP contribution in [0, 0.1) is 29.9 Å². The monoisotopic (exact) mass is 320 g/mol. The van der Waals surface area contributed by atoms with Gasteiger partial charge in [-0.25, -0.2) is 8.78 Å². The molecule has 1 unspecified atom stereocenters. The Morgan fingerprint density at radius 2 is 2.22 bits per heavy atom. The van der Waals surface area contributed by atoms with Crippen LogP contribution in [-0.4, -0.2) is 38.7 Å². The first-order valence-electron chi connectivity index (χ1n) is 7.79. The summed E-state index contributed by atoms with van der Waals surface area (Å²) in [7, 11) is 0. The van der Waals surface area contributed by atoms with Crippen molar-refractivity contribution in [3.8, 4) is 12.3 Å². The van der Waals surface area contributed by atoms with Crippen molar-refractivity contribution in [2.24, 2.45) is 10.9 Å². The van der Waals surface area contributed by atoms with Gasteiger partial charge in [-0.05, 0) is 31.4 Å². The SMILES string of the molecule is C#CCNC(=NCC1CCN(c2ccc(F)c(F)c2)C1)NCC. The summed E-state index contributed by atoms with van der Waals surface area (Å²) in [6.45, 7) is 5.45. The Balaban J connectivity index is 1.91. The second-order valence-corrected chi connectivity index (χ2v) is 5.48. The molecule has 1 saturated heterocycles. The van der Waals surface area contributed by atoms with Gasteiger partial charge in [0.15, 0.2) is 17.6 Å². The molecule has 0 bridgehead atoms. The van der Waals surface area contributed by atoms with Crippen LogP contribution < -0.4 is 15.5 Å². The lowest BCUT2D eigenvalue weighted by Gasteiger charge is -2.18. The molecular weight excluding hydrogens is 298 g/mol. The van der Waals surface area contributed by atoms with Crippen LogP contribution in [0.25, 0.3) is 0 Å². The summed E-state index contributed by atoms with van der Waals surface area (Å²) in [6, 6.07) is 4.03. The van der Waals surface area contributed by atoms with Crippen molar-refractivity contribution in [3.63, 3.8) is 0 Å². The number of hydrogen-bond donors (Lipinski definition) is 2. The van der Waals surface area contributed by atoms with Crippen LogP contribution in [0.4, 0.5) is 14.5 Å². The number of halogens is 2. The largest absolute Gasteiger partial charge is 0.371 e. The fraction of sp³-hybridized carbons (Fsp3) is 0.471. The lowest BCUT2D eigenvalue weighted by atomic mass is 10.1. The minimum absolute atomic E-state index is 0.379. The standard InChI is InChI=1S/C17H22F2N4/c1-3-8-21-17(20-4-2)22-11-13-7-9-23(12-13)14-5-6-15(18)16(19)10-14/h1,5-6,10,13H,4,7-9,11-12H2,2H3,(H2,20,21,22). The van der Waals surface area contributed by atoms with E-state index >= 15 is 0 Å². The van der Waals surface area contributed by atoms with Crippen molar-refractivity contribution in [2.45, 2.75) is 13.3 Å². The first kappa shape index (κ1) is 17.1. The molecule has 2 rings (SSSR count). The topological polar surface area (TPSA) is 39.7 Å². The Kier molecular flexibility index (Phi) is 6.21. The maximum Gasteiger partial charge on any atom is 0.192 e. The highest BCUT2D eigenvalue weighted by atomic mass is 19.2. The molecule has 2 N–H and O–H groups in total. The second kappa shape index (κ2) is 8.37. The van der Waals surface area contributed by atoms with E-state index in [1.54, 1.807) is 6.07 Å². The highest BCUT2D eigenvalue weighted by molar-refractivity contribution is 5.80. The summed E-state index contributed by atoms with van der Waals surface area (Å²) in [4.78, 5) is 6.59. The quantitative estimate of drug-likeness (QED) is 0.495. The Hall–Kier alpha value is -2.29. The molecule has 4 nitrogen and oxygen atoms in total. The van der Waals surface area contributed by atoms with Gasteiger partial charge in [-0.15, -0.1) is 6.42 Å². The number of benzene rings is 1. The second-order valence-electron chi connectivity index (χ2n) is 5.48. The highest BCUT2D eigenvalue weighted by Gasteiger charge is 2.23. The fourth-order valence-corrected chi connectivity index (χ4v) is 2.59. The summed E-state index contributed by atoms with van der Waals surface area (Å²) in [6.07, 6.45) is 6.21. The van der Waals surface area contributed by atoms with E-state index in [-0.39, 0.29) is 0 Å². The molecule has 23 heavy (non-hydrogen) atoms. The molecule has 1 atom stereocenters. The molecule has 1 aromatic rings. The molecule has 0 spiro atoms. The number of aliphatic imine (C=N–C) groups is 1. The van der Waals surface area contributed by atoms with E-state index in [4.69, 9.17) is 6.42 Å². The summed E-state index contributed by atoms with van der Waals surface area (Å²) in [5, 5.41) is 6.19. The molecule has 0 radical (unpaired) electrons. The number of guanidine groups is 1. The number of nitrogens with zero attached hydrogens (tertiary/aromatic N) is 2. The van der Waals surface area contributed by atoms with Gasteiger partial charge < -0.3 is 15.5 Å². The van der Waals surface area contributed by atoms with Crippen molar-refractivity contribution in [1.29, 1.82) is 0 Å². The normalized spacial score (nSPS) is 17.9. The Labute approximate surface area is 136 Å². The first-order valence-corrected chi connectivity index (χ1v) is 7.79. The van der Waals surface area contributed by atoms with E-state index in [2.05, 4.69) is 26.4 Å². The van der Waals surface area contributed by atoms with Crippen LogP contribution in [0.15, 0.2) is 23.2 Å². The van der Waals surface area contributed by atoms with Crippen molar-refractivity contribution in [1.82, 2.24) is 10.6 Å². The van der Waals surface area contributed by atoms with Gasteiger partial charge in [-0.2, -0.15) is 0 Å². The van der Waals surface area contributed by atoms with Gasteiger partial charge >= 0.3 is 0 Å². The molecule has 0 saturated carbocycles. The van der Waals surface area contributed by atoms with E-state index in [1.807, 2.05) is 6.92 Å². The molecular formula is C17H22F2N4. The number of anilines is 1. The van der Waals surface area contributed by atoms with E-state index in [0.29, 0.717) is 30.7 Å². The van der Waals surface area contributed by atoms with E-state index < -0.39 is 11.6 Å². The van der Waals surface area contributed by atoms with E-state index in [0.717, 1.165) is 26.1 Å². The van der Waals surface area contributed by atoms with Crippen molar-refractivity contribution in [3.05, 3.63) is 29.8 Å². The van der Waals surface area contributed by atoms with Crippen LogP contribution in [-0.2, 0) is 0 Å². The first-order chi connectivity index (χ1) is 11.1.